The smallest absolute Gasteiger partial charge is 0.315 e. The van der Waals surface area contributed by atoms with E-state index in [-0.39, 0.29) is 12.1 Å². The molecule has 0 bridgehead atoms. The van der Waals surface area contributed by atoms with E-state index >= 15 is 0 Å². The van der Waals surface area contributed by atoms with Crippen LogP contribution in [0, 0.1) is 13.8 Å². The fraction of sp³-hybridized carbons (Fsp3) is 0.533. The second-order valence-corrected chi connectivity index (χ2v) is 4.93. The highest BCUT2D eigenvalue weighted by atomic mass is 16.5. The third-order valence-corrected chi connectivity index (χ3v) is 2.65. The Morgan fingerprint density at radius 1 is 1.25 bits per heavy atom. The number of carbonyl (C=O) groups is 1. The largest absolute Gasteiger partial charge is 0.492 e. The predicted molar refractivity (Wildman–Crippen MR) is 79.3 cm³/mol. The lowest BCUT2D eigenvalue weighted by Gasteiger charge is -2.14. The van der Waals surface area contributed by atoms with E-state index in [0.717, 1.165) is 5.75 Å². The van der Waals surface area contributed by atoms with Crippen molar-refractivity contribution in [2.75, 3.05) is 26.9 Å². The van der Waals surface area contributed by atoms with E-state index in [1.54, 1.807) is 7.11 Å². The molecule has 2 amide bonds. The topological polar surface area (TPSA) is 59.6 Å². The van der Waals surface area contributed by atoms with Crippen molar-refractivity contribution in [1.29, 1.82) is 0 Å². The van der Waals surface area contributed by atoms with Gasteiger partial charge in [-0.05, 0) is 44.0 Å². The first kappa shape index (κ1) is 16.3. The van der Waals surface area contributed by atoms with Crippen LogP contribution in [-0.4, -0.2) is 38.9 Å². The predicted octanol–water partition coefficient (Wildman–Crippen LogP) is 2.02. The van der Waals surface area contributed by atoms with Gasteiger partial charge in [-0.2, -0.15) is 0 Å². The molecule has 0 heterocycles. The Hall–Kier alpha value is -1.75. The molecule has 20 heavy (non-hydrogen) atoms. The van der Waals surface area contributed by atoms with Crippen LogP contribution in [0.3, 0.4) is 0 Å². The van der Waals surface area contributed by atoms with Crippen molar-refractivity contribution in [3.05, 3.63) is 29.3 Å². The summed E-state index contributed by atoms with van der Waals surface area (Å²) in [6.45, 7) is 7.33. The second kappa shape index (κ2) is 8.43. The normalized spacial score (nSPS) is 11.8. The molecule has 5 heteroatoms. The molecule has 0 saturated heterocycles. The van der Waals surface area contributed by atoms with Gasteiger partial charge in [0, 0.05) is 7.11 Å². The van der Waals surface area contributed by atoms with Crippen LogP contribution in [0.15, 0.2) is 18.2 Å². The maximum Gasteiger partial charge on any atom is 0.315 e. The fourth-order valence-corrected chi connectivity index (χ4v) is 1.92. The van der Waals surface area contributed by atoms with E-state index in [4.69, 9.17) is 9.47 Å². The number of urea groups is 1. The lowest BCUT2D eigenvalue weighted by Crippen LogP contribution is -2.43. The van der Waals surface area contributed by atoms with E-state index in [2.05, 4.69) is 16.7 Å². The van der Waals surface area contributed by atoms with E-state index in [1.807, 2.05) is 32.9 Å². The van der Waals surface area contributed by atoms with E-state index in [0.29, 0.717) is 19.8 Å². The van der Waals surface area contributed by atoms with Crippen molar-refractivity contribution in [2.45, 2.75) is 26.8 Å². The summed E-state index contributed by atoms with van der Waals surface area (Å²) in [5, 5.41) is 5.51. The van der Waals surface area contributed by atoms with Gasteiger partial charge in [0.05, 0.1) is 19.2 Å². The van der Waals surface area contributed by atoms with Crippen LogP contribution < -0.4 is 15.4 Å². The molecule has 5 nitrogen and oxygen atoms in total. The summed E-state index contributed by atoms with van der Waals surface area (Å²) in [6, 6.07) is 5.83. The SMILES string of the molecule is COCC(C)NC(=O)NCCOc1cc(C)cc(C)c1. The summed E-state index contributed by atoms with van der Waals surface area (Å²) in [4.78, 5) is 11.5. The van der Waals surface area contributed by atoms with E-state index < -0.39 is 0 Å². The van der Waals surface area contributed by atoms with Crippen LogP contribution in [0.4, 0.5) is 4.79 Å². The number of aryl methyl sites for hydroxylation is 2. The van der Waals surface area contributed by atoms with Crippen LogP contribution >= 0.6 is 0 Å². The van der Waals surface area contributed by atoms with Crippen LogP contribution in [-0.2, 0) is 4.74 Å². The number of hydrogen-bond donors (Lipinski definition) is 2. The lowest BCUT2D eigenvalue weighted by atomic mass is 10.1. The van der Waals surface area contributed by atoms with Crippen LogP contribution in [0.1, 0.15) is 18.1 Å². The Bertz CT molecular complexity index is 415. The van der Waals surface area contributed by atoms with Crippen molar-refractivity contribution in [1.82, 2.24) is 10.6 Å². The summed E-state index contributed by atoms with van der Waals surface area (Å²) in [5.74, 6) is 0.831. The molecule has 0 saturated carbocycles. The molecule has 0 aliphatic heterocycles. The Balaban J connectivity index is 2.22. The van der Waals surface area contributed by atoms with Crippen molar-refractivity contribution in [3.8, 4) is 5.75 Å². The number of rotatable bonds is 7. The molecular weight excluding hydrogens is 256 g/mol. The summed E-state index contributed by atoms with van der Waals surface area (Å²) < 4.78 is 10.5. The number of methoxy groups -OCH3 is 1. The van der Waals surface area contributed by atoms with Gasteiger partial charge in [0.25, 0.3) is 0 Å². The number of hydrogen-bond acceptors (Lipinski definition) is 3. The van der Waals surface area contributed by atoms with Crippen molar-refractivity contribution < 1.29 is 14.3 Å². The molecule has 1 unspecified atom stereocenters. The minimum atomic E-state index is -0.210. The molecular formula is C15H24N2O3. The first-order chi connectivity index (χ1) is 9.51. The molecule has 0 aromatic heterocycles. The Morgan fingerprint density at radius 2 is 1.90 bits per heavy atom. The van der Waals surface area contributed by atoms with Gasteiger partial charge >= 0.3 is 6.03 Å². The summed E-state index contributed by atoms with van der Waals surface area (Å²) in [7, 11) is 1.60. The zero-order valence-electron chi connectivity index (χ0n) is 12.7. The molecule has 0 aliphatic rings. The molecule has 2 N–H and O–H groups in total. The van der Waals surface area contributed by atoms with Gasteiger partial charge in [-0.15, -0.1) is 0 Å². The molecule has 1 rings (SSSR count). The Morgan fingerprint density at radius 3 is 2.50 bits per heavy atom. The second-order valence-electron chi connectivity index (χ2n) is 4.93. The highest BCUT2D eigenvalue weighted by molar-refractivity contribution is 5.74. The molecule has 0 spiro atoms. The minimum absolute atomic E-state index is 0.0136. The van der Waals surface area contributed by atoms with Crippen molar-refractivity contribution >= 4 is 6.03 Å². The standard InChI is InChI=1S/C15H24N2O3/c1-11-7-12(2)9-14(8-11)20-6-5-16-15(18)17-13(3)10-19-4/h7-9,13H,5-6,10H2,1-4H3,(H2,16,17,18). The maximum atomic E-state index is 11.5. The molecule has 1 atom stereocenters. The number of amides is 2. The third-order valence-electron chi connectivity index (χ3n) is 2.65. The number of ether oxygens (including phenoxy) is 2. The van der Waals surface area contributed by atoms with Crippen LogP contribution in [0.25, 0.3) is 0 Å². The van der Waals surface area contributed by atoms with Gasteiger partial charge in [-0.25, -0.2) is 4.79 Å². The summed E-state index contributed by atoms with van der Waals surface area (Å²) in [6.07, 6.45) is 0. The van der Waals surface area contributed by atoms with E-state index in [1.165, 1.54) is 11.1 Å². The Labute approximate surface area is 120 Å². The van der Waals surface area contributed by atoms with Crippen LogP contribution in [0.2, 0.25) is 0 Å². The highest BCUT2D eigenvalue weighted by Gasteiger charge is 2.05. The number of carbonyl (C=O) groups excluding carboxylic acids is 1. The average molecular weight is 280 g/mol. The van der Waals surface area contributed by atoms with Crippen molar-refractivity contribution in [2.24, 2.45) is 0 Å². The van der Waals surface area contributed by atoms with Gasteiger partial charge in [-0.1, -0.05) is 6.07 Å². The summed E-state index contributed by atoms with van der Waals surface area (Å²) >= 11 is 0. The van der Waals surface area contributed by atoms with Gasteiger partial charge < -0.3 is 20.1 Å². The quantitative estimate of drug-likeness (QED) is 0.751. The first-order valence-electron chi connectivity index (χ1n) is 6.75. The maximum absolute atomic E-state index is 11.5. The van der Waals surface area contributed by atoms with Gasteiger partial charge in [0.2, 0.25) is 0 Å². The monoisotopic (exact) mass is 280 g/mol. The number of benzene rings is 1. The molecule has 0 radical (unpaired) electrons. The van der Waals surface area contributed by atoms with Gasteiger partial charge in [0.15, 0.2) is 0 Å². The third kappa shape index (κ3) is 6.43. The highest BCUT2D eigenvalue weighted by Crippen LogP contribution is 2.15. The van der Waals surface area contributed by atoms with E-state index in [9.17, 15) is 4.79 Å². The minimum Gasteiger partial charge on any atom is -0.492 e. The van der Waals surface area contributed by atoms with Crippen LogP contribution in [0.5, 0.6) is 5.75 Å². The lowest BCUT2D eigenvalue weighted by molar-refractivity contribution is 0.170. The molecule has 1 aromatic rings. The molecule has 112 valence electrons. The average Bonchev–Trinajstić information content (AvgIpc) is 2.33. The Kier molecular flexibility index (Phi) is 6.87. The fourth-order valence-electron chi connectivity index (χ4n) is 1.92. The molecule has 0 aliphatic carbocycles. The first-order valence-corrected chi connectivity index (χ1v) is 6.75. The van der Waals surface area contributed by atoms with Gasteiger partial charge in [0.1, 0.15) is 12.4 Å². The summed E-state index contributed by atoms with van der Waals surface area (Å²) in [5.41, 5.74) is 2.33. The zero-order chi connectivity index (χ0) is 15.0. The molecule has 1 aromatic carbocycles. The van der Waals surface area contributed by atoms with Gasteiger partial charge in [-0.3, -0.25) is 0 Å². The van der Waals surface area contributed by atoms with Crippen molar-refractivity contribution in [3.63, 3.8) is 0 Å². The molecule has 0 fully saturated rings. The zero-order valence-corrected chi connectivity index (χ0v) is 12.7. The number of nitrogens with one attached hydrogen (secondary N) is 2.